The molecular formula is C16H27N3. The van der Waals surface area contributed by atoms with E-state index < -0.39 is 0 Å². The predicted octanol–water partition coefficient (Wildman–Crippen LogP) is 2.31. The minimum absolute atomic E-state index is 0.186. The van der Waals surface area contributed by atoms with Crippen LogP contribution in [0.1, 0.15) is 43.5 Å². The van der Waals surface area contributed by atoms with Crippen molar-refractivity contribution in [2.45, 2.75) is 32.4 Å². The first kappa shape index (κ1) is 14.5. The maximum absolute atomic E-state index is 6.21. The maximum Gasteiger partial charge on any atom is 0.0341 e. The first-order valence-electron chi connectivity index (χ1n) is 7.11. The zero-order valence-electron chi connectivity index (χ0n) is 12.6. The Kier molecular flexibility index (Phi) is 4.29. The molecular weight excluding hydrogens is 234 g/mol. The molecule has 2 atom stereocenters. The molecule has 1 aromatic rings. The summed E-state index contributed by atoms with van der Waals surface area (Å²) >= 11 is 0. The molecule has 0 bridgehead atoms. The van der Waals surface area contributed by atoms with E-state index >= 15 is 0 Å². The van der Waals surface area contributed by atoms with E-state index in [0.717, 1.165) is 19.5 Å². The third-order valence-corrected chi connectivity index (χ3v) is 3.83. The van der Waals surface area contributed by atoms with Crippen molar-refractivity contribution in [3.8, 4) is 0 Å². The lowest BCUT2D eigenvalue weighted by atomic mass is 9.92. The van der Waals surface area contributed by atoms with Crippen LogP contribution in [0.25, 0.3) is 0 Å². The van der Waals surface area contributed by atoms with Crippen molar-refractivity contribution in [2.75, 3.05) is 27.2 Å². The van der Waals surface area contributed by atoms with Crippen LogP contribution in [0.3, 0.4) is 0 Å². The van der Waals surface area contributed by atoms with Gasteiger partial charge in [0, 0.05) is 25.2 Å². The zero-order valence-corrected chi connectivity index (χ0v) is 12.6. The molecule has 2 rings (SSSR count). The van der Waals surface area contributed by atoms with E-state index in [1.807, 2.05) is 0 Å². The molecule has 3 heteroatoms. The maximum atomic E-state index is 6.21. The van der Waals surface area contributed by atoms with E-state index in [4.69, 9.17) is 5.73 Å². The molecule has 0 heterocycles. The van der Waals surface area contributed by atoms with Crippen molar-refractivity contribution in [2.24, 2.45) is 11.1 Å². The lowest BCUT2D eigenvalue weighted by Gasteiger charge is -2.30. The second kappa shape index (κ2) is 5.61. The number of nitrogens with two attached hydrogens (primary N) is 1. The molecule has 1 aromatic carbocycles. The molecule has 106 valence electrons. The summed E-state index contributed by atoms with van der Waals surface area (Å²) in [6.07, 6.45) is 1.01. The molecule has 0 fully saturated rings. The van der Waals surface area contributed by atoms with Gasteiger partial charge in [0.1, 0.15) is 0 Å². The molecule has 19 heavy (non-hydrogen) atoms. The summed E-state index contributed by atoms with van der Waals surface area (Å²) in [4.78, 5) is 2.25. The minimum atomic E-state index is 0.186. The average molecular weight is 261 g/mol. The van der Waals surface area contributed by atoms with Crippen LogP contribution in [-0.4, -0.2) is 32.1 Å². The fraction of sp³-hybridized carbons (Fsp3) is 0.625. The number of rotatable bonds is 5. The van der Waals surface area contributed by atoms with Crippen LogP contribution in [0.15, 0.2) is 24.3 Å². The Labute approximate surface area is 117 Å². The average Bonchev–Trinajstić information content (AvgIpc) is 2.63. The Morgan fingerprint density at radius 2 is 1.89 bits per heavy atom. The summed E-state index contributed by atoms with van der Waals surface area (Å²) in [5.41, 5.74) is 9.17. The Bertz CT molecular complexity index is 426. The van der Waals surface area contributed by atoms with E-state index in [1.165, 1.54) is 11.1 Å². The van der Waals surface area contributed by atoms with Crippen LogP contribution in [0, 0.1) is 5.41 Å². The highest BCUT2D eigenvalue weighted by Gasteiger charge is 2.29. The first-order valence-corrected chi connectivity index (χ1v) is 7.11. The number of nitrogens with one attached hydrogen (secondary N) is 1. The van der Waals surface area contributed by atoms with Gasteiger partial charge in [-0.15, -0.1) is 0 Å². The van der Waals surface area contributed by atoms with E-state index in [0.29, 0.717) is 6.04 Å². The van der Waals surface area contributed by atoms with Gasteiger partial charge in [0.15, 0.2) is 0 Å². The van der Waals surface area contributed by atoms with E-state index in [-0.39, 0.29) is 11.5 Å². The molecule has 3 N–H and O–H groups in total. The summed E-state index contributed by atoms with van der Waals surface area (Å²) in [7, 11) is 4.26. The largest absolute Gasteiger partial charge is 0.324 e. The van der Waals surface area contributed by atoms with Crippen molar-refractivity contribution >= 4 is 0 Å². The number of hydrogen-bond acceptors (Lipinski definition) is 3. The van der Waals surface area contributed by atoms with Gasteiger partial charge in [-0.1, -0.05) is 38.1 Å². The smallest absolute Gasteiger partial charge is 0.0341 e. The Balaban J connectivity index is 1.98. The van der Waals surface area contributed by atoms with Gasteiger partial charge >= 0.3 is 0 Å². The van der Waals surface area contributed by atoms with Crippen molar-refractivity contribution in [3.05, 3.63) is 35.4 Å². The molecule has 0 spiro atoms. The molecule has 0 saturated heterocycles. The number of benzene rings is 1. The van der Waals surface area contributed by atoms with Gasteiger partial charge in [-0.05, 0) is 37.1 Å². The number of nitrogens with zero attached hydrogens (tertiary/aromatic N) is 1. The number of hydrogen-bond donors (Lipinski definition) is 2. The fourth-order valence-corrected chi connectivity index (χ4v) is 3.18. The van der Waals surface area contributed by atoms with Gasteiger partial charge in [0.05, 0.1) is 0 Å². The molecule has 2 unspecified atom stereocenters. The van der Waals surface area contributed by atoms with Crippen LogP contribution in [-0.2, 0) is 0 Å². The van der Waals surface area contributed by atoms with Crippen molar-refractivity contribution in [3.63, 3.8) is 0 Å². The third kappa shape index (κ3) is 3.56. The van der Waals surface area contributed by atoms with E-state index in [9.17, 15) is 0 Å². The van der Waals surface area contributed by atoms with Gasteiger partial charge in [-0.3, -0.25) is 0 Å². The molecule has 0 aromatic heterocycles. The highest BCUT2D eigenvalue weighted by molar-refractivity contribution is 5.37. The lowest BCUT2D eigenvalue weighted by molar-refractivity contribution is 0.224. The second-order valence-corrected chi connectivity index (χ2v) is 6.81. The monoisotopic (exact) mass is 261 g/mol. The summed E-state index contributed by atoms with van der Waals surface area (Å²) in [5, 5.41) is 3.71. The Morgan fingerprint density at radius 3 is 2.53 bits per heavy atom. The standard InChI is InChI=1S/C16H27N3/c1-16(2,11-19(3)4)10-18-15-9-14(17)12-7-5-6-8-13(12)15/h5-8,14-15,18H,9-11,17H2,1-4H3. The van der Waals surface area contributed by atoms with Gasteiger partial charge < -0.3 is 16.0 Å². The molecule has 0 amide bonds. The van der Waals surface area contributed by atoms with E-state index in [1.54, 1.807) is 0 Å². The Hall–Kier alpha value is -0.900. The van der Waals surface area contributed by atoms with Crippen LogP contribution in [0.2, 0.25) is 0 Å². The second-order valence-electron chi connectivity index (χ2n) is 6.81. The minimum Gasteiger partial charge on any atom is -0.324 e. The van der Waals surface area contributed by atoms with Crippen LogP contribution in [0.5, 0.6) is 0 Å². The molecule has 0 aliphatic heterocycles. The van der Waals surface area contributed by atoms with Gasteiger partial charge in [-0.2, -0.15) is 0 Å². The lowest BCUT2D eigenvalue weighted by Crippen LogP contribution is -2.38. The summed E-state index contributed by atoms with van der Waals surface area (Å²) in [6.45, 7) is 6.71. The van der Waals surface area contributed by atoms with Crippen molar-refractivity contribution < 1.29 is 0 Å². The molecule has 0 radical (unpaired) electrons. The summed E-state index contributed by atoms with van der Waals surface area (Å²) in [5.74, 6) is 0. The molecule has 0 saturated carbocycles. The van der Waals surface area contributed by atoms with Crippen LogP contribution < -0.4 is 11.1 Å². The van der Waals surface area contributed by atoms with Crippen molar-refractivity contribution in [1.82, 2.24) is 10.2 Å². The Morgan fingerprint density at radius 1 is 1.26 bits per heavy atom. The predicted molar refractivity (Wildman–Crippen MR) is 81.1 cm³/mol. The van der Waals surface area contributed by atoms with Crippen LogP contribution >= 0.6 is 0 Å². The van der Waals surface area contributed by atoms with Crippen LogP contribution in [0.4, 0.5) is 0 Å². The van der Waals surface area contributed by atoms with Gasteiger partial charge in [-0.25, -0.2) is 0 Å². The topological polar surface area (TPSA) is 41.3 Å². The normalized spacial score (nSPS) is 22.8. The first-order chi connectivity index (χ1) is 8.89. The summed E-state index contributed by atoms with van der Waals surface area (Å²) in [6, 6.07) is 9.15. The SMILES string of the molecule is CN(C)CC(C)(C)CNC1CC(N)c2ccccc21. The van der Waals surface area contributed by atoms with Gasteiger partial charge in [0.25, 0.3) is 0 Å². The van der Waals surface area contributed by atoms with Crippen molar-refractivity contribution in [1.29, 1.82) is 0 Å². The quantitative estimate of drug-likeness (QED) is 0.854. The third-order valence-electron chi connectivity index (χ3n) is 3.83. The highest BCUT2D eigenvalue weighted by atomic mass is 15.1. The molecule has 1 aliphatic rings. The summed E-state index contributed by atoms with van der Waals surface area (Å²) < 4.78 is 0. The van der Waals surface area contributed by atoms with Gasteiger partial charge in [0.2, 0.25) is 0 Å². The molecule has 1 aliphatic carbocycles. The highest BCUT2D eigenvalue weighted by Crippen LogP contribution is 2.37. The fourth-order valence-electron chi connectivity index (χ4n) is 3.18. The zero-order chi connectivity index (χ0) is 14.0. The van der Waals surface area contributed by atoms with E-state index in [2.05, 4.69) is 62.4 Å². The molecule has 3 nitrogen and oxygen atoms in total. The number of fused-ring (bicyclic) bond motifs is 1.